The Morgan fingerprint density at radius 3 is 2.38 bits per heavy atom. The predicted molar refractivity (Wildman–Crippen MR) is 82.9 cm³/mol. The van der Waals surface area contributed by atoms with E-state index in [-0.39, 0.29) is 12.5 Å². The number of hydrogen-bond acceptors (Lipinski definition) is 3. The number of rotatable bonds is 6. The standard InChI is InChI=1S/C17H19NO3/c1-3-20-15-5-4-6-16(11-15)21-12-17(19)18-14-9-7-13(2)8-10-14/h4-11H,3,12H2,1-2H3,(H,18,19). The van der Waals surface area contributed by atoms with Crippen molar-refractivity contribution in [3.63, 3.8) is 0 Å². The van der Waals surface area contributed by atoms with E-state index in [9.17, 15) is 4.79 Å². The van der Waals surface area contributed by atoms with Gasteiger partial charge in [0.15, 0.2) is 6.61 Å². The van der Waals surface area contributed by atoms with Crippen molar-refractivity contribution in [2.75, 3.05) is 18.5 Å². The second-order valence-electron chi connectivity index (χ2n) is 4.61. The predicted octanol–water partition coefficient (Wildman–Crippen LogP) is 3.41. The molecule has 2 aromatic rings. The smallest absolute Gasteiger partial charge is 0.262 e. The summed E-state index contributed by atoms with van der Waals surface area (Å²) in [6, 6.07) is 14.9. The highest BCUT2D eigenvalue weighted by atomic mass is 16.5. The number of carbonyl (C=O) groups excluding carboxylic acids is 1. The first-order valence-electron chi connectivity index (χ1n) is 6.89. The van der Waals surface area contributed by atoms with E-state index in [2.05, 4.69) is 5.32 Å². The number of amides is 1. The van der Waals surface area contributed by atoms with Crippen molar-refractivity contribution in [3.8, 4) is 11.5 Å². The first kappa shape index (κ1) is 14.9. The van der Waals surface area contributed by atoms with Gasteiger partial charge in [0.05, 0.1) is 6.61 Å². The quantitative estimate of drug-likeness (QED) is 0.884. The van der Waals surface area contributed by atoms with E-state index in [1.54, 1.807) is 12.1 Å². The van der Waals surface area contributed by atoms with Gasteiger partial charge < -0.3 is 14.8 Å². The summed E-state index contributed by atoms with van der Waals surface area (Å²) in [5.74, 6) is 1.15. The van der Waals surface area contributed by atoms with Gasteiger partial charge in [-0.2, -0.15) is 0 Å². The summed E-state index contributed by atoms with van der Waals surface area (Å²) < 4.78 is 10.8. The third-order valence-corrected chi connectivity index (χ3v) is 2.82. The number of hydrogen-bond donors (Lipinski definition) is 1. The number of nitrogens with one attached hydrogen (secondary N) is 1. The molecule has 0 saturated heterocycles. The van der Waals surface area contributed by atoms with Crippen molar-refractivity contribution < 1.29 is 14.3 Å². The zero-order valence-electron chi connectivity index (χ0n) is 12.3. The topological polar surface area (TPSA) is 47.6 Å². The maximum atomic E-state index is 11.8. The molecule has 1 amide bonds. The van der Waals surface area contributed by atoms with Crippen LogP contribution in [0.3, 0.4) is 0 Å². The van der Waals surface area contributed by atoms with Crippen LogP contribution in [0, 0.1) is 6.92 Å². The van der Waals surface area contributed by atoms with E-state index in [0.717, 1.165) is 17.0 Å². The molecule has 4 heteroatoms. The van der Waals surface area contributed by atoms with Gasteiger partial charge >= 0.3 is 0 Å². The van der Waals surface area contributed by atoms with Crippen LogP contribution in [0.4, 0.5) is 5.69 Å². The number of anilines is 1. The summed E-state index contributed by atoms with van der Waals surface area (Å²) in [4.78, 5) is 11.8. The van der Waals surface area contributed by atoms with Crippen LogP contribution < -0.4 is 14.8 Å². The van der Waals surface area contributed by atoms with E-state index >= 15 is 0 Å². The molecule has 0 fully saturated rings. The molecule has 4 nitrogen and oxygen atoms in total. The lowest BCUT2D eigenvalue weighted by Crippen LogP contribution is -2.20. The molecule has 0 aliphatic carbocycles. The molecule has 1 N–H and O–H groups in total. The number of benzene rings is 2. The van der Waals surface area contributed by atoms with E-state index in [1.165, 1.54) is 0 Å². The molecular weight excluding hydrogens is 266 g/mol. The fourth-order valence-electron chi connectivity index (χ4n) is 1.80. The Morgan fingerprint density at radius 2 is 1.71 bits per heavy atom. The molecule has 0 atom stereocenters. The van der Waals surface area contributed by atoms with Gasteiger partial charge in [-0.1, -0.05) is 23.8 Å². The van der Waals surface area contributed by atoms with Crippen LogP contribution in [0.5, 0.6) is 11.5 Å². The Morgan fingerprint density at radius 1 is 1.05 bits per heavy atom. The molecule has 0 aliphatic heterocycles. The Labute approximate surface area is 124 Å². The normalized spacial score (nSPS) is 10.0. The van der Waals surface area contributed by atoms with E-state index in [1.807, 2.05) is 50.2 Å². The lowest BCUT2D eigenvalue weighted by Gasteiger charge is -2.09. The van der Waals surface area contributed by atoms with Gasteiger partial charge in [0, 0.05) is 11.8 Å². The third kappa shape index (κ3) is 4.84. The van der Waals surface area contributed by atoms with E-state index < -0.39 is 0 Å². The Bertz CT molecular complexity index is 593. The maximum absolute atomic E-state index is 11.8. The van der Waals surface area contributed by atoms with Crippen LogP contribution in [0.1, 0.15) is 12.5 Å². The van der Waals surface area contributed by atoms with Gasteiger partial charge in [0.1, 0.15) is 11.5 Å². The molecule has 21 heavy (non-hydrogen) atoms. The zero-order chi connectivity index (χ0) is 15.1. The molecule has 0 radical (unpaired) electrons. The molecule has 0 spiro atoms. The van der Waals surface area contributed by atoms with Gasteiger partial charge in [-0.3, -0.25) is 4.79 Å². The number of ether oxygens (including phenoxy) is 2. The molecule has 0 heterocycles. The SMILES string of the molecule is CCOc1cccc(OCC(=O)Nc2ccc(C)cc2)c1. The van der Waals surface area contributed by atoms with Crippen LogP contribution in [-0.4, -0.2) is 19.1 Å². The molecular formula is C17H19NO3. The van der Waals surface area contributed by atoms with Gasteiger partial charge in [-0.15, -0.1) is 0 Å². The second-order valence-corrected chi connectivity index (χ2v) is 4.61. The molecule has 0 aromatic heterocycles. The fourth-order valence-corrected chi connectivity index (χ4v) is 1.80. The third-order valence-electron chi connectivity index (χ3n) is 2.82. The van der Waals surface area contributed by atoms with Crippen molar-refractivity contribution in [1.82, 2.24) is 0 Å². The molecule has 0 unspecified atom stereocenters. The van der Waals surface area contributed by atoms with Gasteiger partial charge in [-0.05, 0) is 38.1 Å². The molecule has 2 aromatic carbocycles. The highest BCUT2D eigenvalue weighted by Crippen LogP contribution is 2.19. The Hall–Kier alpha value is -2.49. The monoisotopic (exact) mass is 285 g/mol. The Kier molecular flexibility index (Phi) is 5.21. The van der Waals surface area contributed by atoms with E-state index in [4.69, 9.17) is 9.47 Å². The van der Waals surface area contributed by atoms with Crippen molar-refractivity contribution in [3.05, 3.63) is 54.1 Å². The molecule has 0 aliphatic rings. The summed E-state index contributed by atoms with van der Waals surface area (Å²) in [7, 11) is 0. The minimum atomic E-state index is -0.194. The first-order valence-corrected chi connectivity index (χ1v) is 6.89. The molecule has 0 bridgehead atoms. The summed E-state index contributed by atoms with van der Waals surface area (Å²) in [5, 5.41) is 2.78. The van der Waals surface area contributed by atoms with Crippen molar-refractivity contribution in [1.29, 1.82) is 0 Å². The van der Waals surface area contributed by atoms with Gasteiger partial charge in [0.25, 0.3) is 5.91 Å². The van der Waals surface area contributed by atoms with Crippen molar-refractivity contribution in [2.24, 2.45) is 0 Å². The van der Waals surface area contributed by atoms with Crippen molar-refractivity contribution >= 4 is 11.6 Å². The first-order chi connectivity index (χ1) is 10.2. The average molecular weight is 285 g/mol. The molecule has 110 valence electrons. The lowest BCUT2D eigenvalue weighted by atomic mass is 10.2. The van der Waals surface area contributed by atoms with Crippen LogP contribution in [0.15, 0.2) is 48.5 Å². The summed E-state index contributed by atoms with van der Waals surface area (Å²) in [5.41, 5.74) is 1.91. The fraction of sp³-hybridized carbons (Fsp3) is 0.235. The highest BCUT2D eigenvalue weighted by molar-refractivity contribution is 5.91. The Balaban J connectivity index is 1.86. The molecule has 0 saturated carbocycles. The minimum Gasteiger partial charge on any atom is -0.494 e. The molecule has 2 rings (SSSR count). The van der Waals surface area contributed by atoms with Crippen molar-refractivity contribution in [2.45, 2.75) is 13.8 Å². The average Bonchev–Trinajstić information content (AvgIpc) is 2.48. The van der Waals surface area contributed by atoms with Crippen LogP contribution in [0.2, 0.25) is 0 Å². The summed E-state index contributed by atoms with van der Waals surface area (Å²) >= 11 is 0. The van der Waals surface area contributed by atoms with Gasteiger partial charge in [0.2, 0.25) is 0 Å². The summed E-state index contributed by atoms with van der Waals surface area (Å²) in [6.45, 7) is 4.48. The summed E-state index contributed by atoms with van der Waals surface area (Å²) in [6.07, 6.45) is 0. The maximum Gasteiger partial charge on any atom is 0.262 e. The lowest BCUT2D eigenvalue weighted by molar-refractivity contribution is -0.118. The van der Waals surface area contributed by atoms with Crippen LogP contribution in [0.25, 0.3) is 0 Å². The zero-order valence-corrected chi connectivity index (χ0v) is 12.3. The largest absolute Gasteiger partial charge is 0.494 e. The van der Waals surface area contributed by atoms with Crippen LogP contribution in [-0.2, 0) is 4.79 Å². The van der Waals surface area contributed by atoms with E-state index in [0.29, 0.717) is 12.4 Å². The number of carbonyl (C=O) groups is 1. The highest BCUT2D eigenvalue weighted by Gasteiger charge is 2.04. The van der Waals surface area contributed by atoms with Crippen LogP contribution >= 0.6 is 0 Å². The number of aryl methyl sites for hydroxylation is 1. The van der Waals surface area contributed by atoms with Gasteiger partial charge in [-0.25, -0.2) is 0 Å². The second kappa shape index (κ2) is 7.33. The minimum absolute atomic E-state index is 0.0382.